The van der Waals surface area contributed by atoms with Gasteiger partial charge in [0, 0.05) is 6.20 Å². The number of ether oxygens (including phenoxy) is 1. The molecule has 3 nitrogen and oxygen atoms in total. The number of benzene rings is 1. The summed E-state index contributed by atoms with van der Waals surface area (Å²) in [7, 11) is 1.57. The molecule has 0 saturated heterocycles. The fourth-order valence-corrected chi connectivity index (χ4v) is 1.85. The Morgan fingerprint density at radius 2 is 2.06 bits per heavy atom. The van der Waals surface area contributed by atoms with Gasteiger partial charge < -0.3 is 10.5 Å². The van der Waals surface area contributed by atoms with Crippen molar-refractivity contribution in [2.24, 2.45) is 5.73 Å². The average molecular weight is 246 g/mol. The van der Waals surface area contributed by atoms with E-state index in [-0.39, 0.29) is 5.82 Å². The van der Waals surface area contributed by atoms with Crippen LogP contribution in [0.15, 0.2) is 42.6 Å². The van der Waals surface area contributed by atoms with E-state index in [2.05, 4.69) is 4.98 Å². The Morgan fingerprint density at radius 1 is 1.28 bits per heavy atom. The molecule has 2 aromatic rings. The van der Waals surface area contributed by atoms with Gasteiger partial charge in [0.05, 0.1) is 18.8 Å². The quantitative estimate of drug-likeness (QED) is 0.901. The van der Waals surface area contributed by atoms with Crippen molar-refractivity contribution in [1.29, 1.82) is 0 Å². The Balaban J connectivity index is 2.22. The molecule has 1 aromatic heterocycles. The van der Waals surface area contributed by atoms with Crippen LogP contribution >= 0.6 is 0 Å². The number of nitrogens with two attached hydrogens (primary N) is 1. The van der Waals surface area contributed by atoms with Gasteiger partial charge in [-0.25, -0.2) is 4.39 Å². The molecule has 0 aliphatic carbocycles. The summed E-state index contributed by atoms with van der Waals surface area (Å²) in [6.45, 7) is 0. The van der Waals surface area contributed by atoms with E-state index in [0.717, 1.165) is 0 Å². The van der Waals surface area contributed by atoms with Crippen molar-refractivity contribution in [2.45, 2.75) is 12.5 Å². The highest BCUT2D eigenvalue weighted by Crippen LogP contribution is 2.24. The fraction of sp³-hybridized carbons (Fsp3) is 0.214. The molecule has 0 saturated carbocycles. The Bertz CT molecular complexity index is 531. The highest BCUT2D eigenvalue weighted by atomic mass is 19.1. The van der Waals surface area contributed by atoms with Crippen LogP contribution in [-0.4, -0.2) is 12.1 Å². The zero-order valence-electron chi connectivity index (χ0n) is 10.1. The van der Waals surface area contributed by atoms with E-state index in [1.807, 2.05) is 0 Å². The fourth-order valence-electron chi connectivity index (χ4n) is 1.85. The summed E-state index contributed by atoms with van der Waals surface area (Å²) in [6, 6.07) is 9.79. The van der Waals surface area contributed by atoms with Crippen molar-refractivity contribution in [3.05, 3.63) is 59.7 Å². The molecule has 0 fully saturated rings. The predicted octanol–water partition coefficient (Wildman–Crippen LogP) is 2.47. The summed E-state index contributed by atoms with van der Waals surface area (Å²) in [5.41, 5.74) is 7.29. The van der Waals surface area contributed by atoms with E-state index < -0.39 is 6.04 Å². The van der Waals surface area contributed by atoms with Crippen LogP contribution in [-0.2, 0) is 6.42 Å². The maximum absolute atomic E-state index is 13.5. The molecule has 2 rings (SSSR count). The number of hydrogen-bond donors (Lipinski definition) is 1. The second-order valence-electron chi connectivity index (χ2n) is 3.99. The molecule has 4 heteroatoms. The molecule has 1 unspecified atom stereocenters. The summed E-state index contributed by atoms with van der Waals surface area (Å²) < 4.78 is 18.7. The molecule has 0 aliphatic heterocycles. The lowest BCUT2D eigenvalue weighted by Crippen LogP contribution is -2.16. The summed E-state index contributed by atoms with van der Waals surface area (Å²) >= 11 is 0. The van der Waals surface area contributed by atoms with E-state index in [1.54, 1.807) is 43.6 Å². The van der Waals surface area contributed by atoms with Gasteiger partial charge in [-0.05, 0) is 30.2 Å². The van der Waals surface area contributed by atoms with Crippen LogP contribution in [0.5, 0.6) is 5.75 Å². The summed E-state index contributed by atoms with van der Waals surface area (Å²) in [5, 5.41) is 0. The molecule has 0 amide bonds. The second-order valence-corrected chi connectivity index (χ2v) is 3.99. The topological polar surface area (TPSA) is 48.1 Å². The Morgan fingerprint density at radius 3 is 2.78 bits per heavy atom. The summed E-state index contributed by atoms with van der Waals surface area (Å²) in [6.07, 6.45) is 2.04. The third-order valence-electron chi connectivity index (χ3n) is 2.77. The number of halogens is 1. The lowest BCUT2D eigenvalue weighted by molar-refractivity contribution is 0.401. The average Bonchev–Trinajstić information content (AvgIpc) is 2.41. The number of rotatable bonds is 4. The first kappa shape index (κ1) is 12.5. The van der Waals surface area contributed by atoms with E-state index in [9.17, 15) is 4.39 Å². The van der Waals surface area contributed by atoms with Crippen molar-refractivity contribution in [2.75, 3.05) is 7.11 Å². The second kappa shape index (κ2) is 5.60. The van der Waals surface area contributed by atoms with Crippen molar-refractivity contribution in [3.63, 3.8) is 0 Å². The first-order valence-corrected chi connectivity index (χ1v) is 5.70. The Kier molecular flexibility index (Phi) is 3.89. The molecule has 2 N–H and O–H groups in total. The minimum Gasteiger partial charge on any atom is -0.495 e. The normalized spacial score (nSPS) is 12.2. The molecule has 0 spiro atoms. The maximum Gasteiger partial charge on any atom is 0.141 e. The highest BCUT2D eigenvalue weighted by molar-refractivity contribution is 5.31. The Hall–Kier alpha value is -1.94. The van der Waals surface area contributed by atoms with Crippen molar-refractivity contribution < 1.29 is 9.13 Å². The van der Waals surface area contributed by atoms with Crippen molar-refractivity contribution in [1.82, 2.24) is 4.98 Å². The smallest absolute Gasteiger partial charge is 0.141 e. The standard InChI is InChI=1S/C14H15FN2O/c1-18-13-7-4-8-17-14(13)12(16)9-10-5-2-3-6-11(10)15/h2-8,12H,9,16H2,1H3. The first-order valence-electron chi connectivity index (χ1n) is 5.70. The van der Waals surface area contributed by atoms with Crippen LogP contribution in [0, 0.1) is 5.82 Å². The zero-order chi connectivity index (χ0) is 13.0. The van der Waals surface area contributed by atoms with Gasteiger partial charge in [0.2, 0.25) is 0 Å². The number of methoxy groups -OCH3 is 1. The molecular weight excluding hydrogens is 231 g/mol. The monoisotopic (exact) mass is 246 g/mol. The van der Waals surface area contributed by atoms with Crippen LogP contribution in [0.3, 0.4) is 0 Å². The number of nitrogens with zero attached hydrogens (tertiary/aromatic N) is 1. The number of aromatic nitrogens is 1. The van der Waals surface area contributed by atoms with E-state index in [0.29, 0.717) is 23.4 Å². The lowest BCUT2D eigenvalue weighted by atomic mass is 10.0. The largest absolute Gasteiger partial charge is 0.495 e. The van der Waals surface area contributed by atoms with Gasteiger partial charge in [-0.3, -0.25) is 4.98 Å². The van der Waals surface area contributed by atoms with Gasteiger partial charge in [0.25, 0.3) is 0 Å². The maximum atomic E-state index is 13.5. The van der Waals surface area contributed by atoms with Crippen LogP contribution in [0.25, 0.3) is 0 Å². The molecule has 1 aromatic carbocycles. The molecule has 18 heavy (non-hydrogen) atoms. The first-order chi connectivity index (χ1) is 8.72. The third kappa shape index (κ3) is 2.65. The SMILES string of the molecule is COc1cccnc1C(N)Cc1ccccc1F. The van der Waals surface area contributed by atoms with Crippen LogP contribution in [0.2, 0.25) is 0 Å². The van der Waals surface area contributed by atoms with Gasteiger partial charge in [-0.15, -0.1) is 0 Å². The molecule has 0 bridgehead atoms. The highest BCUT2D eigenvalue weighted by Gasteiger charge is 2.15. The number of hydrogen-bond acceptors (Lipinski definition) is 3. The Labute approximate surface area is 105 Å². The van der Waals surface area contributed by atoms with Gasteiger partial charge in [0.15, 0.2) is 0 Å². The van der Waals surface area contributed by atoms with Gasteiger partial charge in [0.1, 0.15) is 11.6 Å². The summed E-state index contributed by atoms with van der Waals surface area (Å²) in [5.74, 6) is 0.379. The molecule has 0 radical (unpaired) electrons. The van der Waals surface area contributed by atoms with Crippen molar-refractivity contribution in [3.8, 4) is 5.75 Å². The van der Waals surface area contributed by atoms with Crippen LogP contribution in [0.1, 0.15) is 17.3 Å². The molecule has 1 atom stereocenters. The minimum atomic E-state index is -0.391. The van der Waals surface area contributed by atoms with E-state index in [4.69, 9.17) is 10.5 Å². The number of pyridine rings is 1. The molecule has 0 aliphatic rings. The van der Waals surface area contributed by atoms with Gasteiger partial charge in [-0.1, -0.05) is 18.2 Å². The predicted molar refractivity (Wildman–Crippen MR) is 67.8 cm³/mol. The molecular formula is C14H15FN2O. The van der Waals surface area contributed by atoms with E-state index in [1.165, 1.54) is 6.07 Å². The molecule has 94 valence electrons. The van der Waals surface area contributed by atoms with Crippen molar-refractivity contribution >= 4 is 0 Å². The minimum absolute atomic E-state index is 0.247. The van der Waals surface area contributed by atoms with Gasteiger partial charge in [-0.2, -0.15) is 0 Å². The summed E-state index contributed by atoms with van der Waals surface area (Å²) in [4.78, 5) is 4.20. The van der Waals surface area contributed by atoms with Gasteiger partial charge >= 0.3 is 0 Å². The van der Waals surface area contributed by atoms with Crippen LogP contribution in [0.4, 0.5) is 4.39 Å². The lowest BCUT2D eigenvalue weighted by Gasteiger charge is -2.14. The zero-order valence-corrected chi connectivity index (χ0v) is 10.1. The third-order valence-corrected chi connectivity index (χ3v) is 2.77. The van der Waals surface area contributed by atoms with Crippen LogP contribution < -0.4 is 10.5 Å². The van der Waals surface area contributed by atoms with E-state index >= 15 is 0 Å². The molecule has 1 heterocycles.